The standard InChI is InChI=1S/C8H10O4.C2H6O2.CH5AsO3.2Na/c1-3-7(9)11-5-6-12-8(10)4-2;3-1-2-4;1-2(3,4)5;;/h3-4H,1-2,5-6H2;3-4H,1-2H2;1H3,(H2,3,4,5);;/q;;;2*+1/p-2. The Morgan fingerprint density at radius 1 is 1.00 bits per heavy atom. The molecule has 12 heteroatoms. The van der Waals surface area contributed by atoms with Gasteiger partial charge in [0.05, 0.1) is 13.2 Å². The maximum absolute atomic E-state index is 10.4. The third kappa shape index (κ3) is 60.4. The average molecular weight is 416 g/mol. The number of aliphatic hydroxyl groups is 2. The Morgan fingerprint density at radius 3 is 1.35 bits per heavy atom. The summed E-state index contributed by atoms with van der Waals surface area (Å²) in [6.45, 7) is 6.20. The summed E-state index contributed by atoms with van der Waals surface area (Å²) in [5.74, 6) is -1.07. The van der Waals surface area contributed by atoms with Crippen LogP contribution in [0.4, 0.5) is 0 Å². The molecule has 0 aliphatic rings. The second-order valence-corrected chi connectivity index (χ2v) is 6.20. The van der Waals surface area contributed by atoms with Gasteiger partial charge in [-0.15, -0.1) is 0 Å². The van der Waals surface area contributed by atoms with Crippen LogP contribution in [0.5, 0.6) is 0 Å². The van der Waals surface area contributed by atoms with Crippen LogP contribution in [0.25, 0.3) is 0 Å². The number of rotatable bonds is 6. The molecule has 0 saturated carbocycles. The van der Waals surface area contributed by atoms with Crippen LogP contribution < -0.4 is 67.3 Å². The summed E-state index contributed by atoms with van der Waals surface area (Å²) in [7, 11) is 0. The Balaban J connectivity index is -0.0000000828. The second kappa shape index (κ2) is 24.9. The minimum absolute atomic E-state index is 0. The summed E-state index contributed by atoms with van der Waals surface area (Å²) in [6, 6.07) is 0. The van der Waals surface area contributed by atoms with Crippen LogP contribution in [0.15, 0.2) is 25.3 Å². The van der Waals surface area contributed by atoms with Gasteiger partial charge in [0, 0.05) is 12.2 Å². The fourth-order valence-corrected chi connectivity index (χ4v) is 0.402. The second-order valence-electron chi connectivity index (χ2n) is 2.96. The van der Waals surface area contributed by atoms with Crippen molar-refractivity contribution in [2.24, 2.45) is 0 Å². The summed E-state index contributed by atoms with van der Waals surface area (Å²) >= 11 is -4.62. The van der Waals surface area contributed by atoms with Gasteiger partial charge in [0.1, 0.15) is 13.2 Å². The third-order valence-electron chi connectivity index (χ3n) is 1.01. The van der Waals surface area contributed by atoms with Crippen LogP contribution in [0.1, 0.15) is 0 Å². The summed E-state index contributed by atoms with van der Waals surface area (Å²) in [6.07, 6.45) is 2.07. The van der Waals surface area contributed by atoms with Gasteiger partial charge >= 0.3 is 103 Å². The topological polar surface area (TPSA) is 156 Å². The molecule has 0 saturated heterocycles. The van der Waals surface area contributed by atoms with E-state index in [1.165, 1.54) is 0 Å². The van der Waals surface area contributed by atoms with Crippen LogP contribution >= 0.6 is 0 Å². The molecule has 124 valence electrons. The first-order valence-electron chi connectivity index (χ1n) is 5.42. The van der Waals surface area contributed by atoms with E-state index in [0.29, 0.717) is 5.71 Å². The summed E-state index contributed by atoms with van der Waals surface area (Å²) < 4.78 is 36.5. The number of ether oxygens (including phenoxy) is 2. The molecule has 0 aromatic heterocycles. The van der Waals surface area contributed by atoms with Crippen molar-refractivity contribution in [3.8, 4) is 0 Å². The maximum atomic E-state index is 10.4. The van der Waals surface area contributed by atoms with Gasteiger partial charge in [-0.3, -0.25) is 0 Å². The van der Waals surface area contributed by atoms with Gasteiger partial charge in [0.15, 0.2) is 0 Å². The van der Waals surface area contributed by atoms with E-state index in [1.54, 1.807) is 0 Å². The van der Waals surface area contributed by atoms with Gasteiger partial charge in [-0.05, 0) is 0 Å². The van der Waals surface area contributed by atoms with Crippen molar-refractivity contribution in [1.29, 1.82) is 0 Å². The monoisotopic (exact) mass is 416 g/mol. The Bertz CT molecular complexity index is 325. The fourth-order valence-electron chi connectivity index (χ4n) is 0.402. The molecular formula is C11H19AsNa2O9. The summed E-state index contributed by atoms with van der Waals surface area (Å²) in [5.41, 5.74) is 0.693. The van der Waals surface area contributed by atoms with E-state index in [9.17, 15) is 9.59 Å². The van der Waals surface area contributed by atoms with E-state index in [1.807, 2.05) is 0 Å². The average Bonchev–Trinajstić information content (AvgIpc) is 2.41. The van der Waals surface area contributed by atoms with Crippen molar-refractivity contribution in [1.82, 2.24) is 0 Å². The van der Waals surface area contributed by atoms with E-state index in [2.05, 4.69) is 22.6 Å². The molecule has 9 nitrogen and oxygen atoms in total. The molecule has 0 aromatic rings. The molecular weight excluding hydrogens is 397 g/mol. The van der Waals surface area contributed by atoms with Gasteiger partial charge < -0.3 is 19.7 Å². The van der Waals surface area contributed by atoms with E-state index in [4.69, 9.17) is 22.1 Å². The molecule has 23 heavy (non-hydrogen) atoms. The van der Waals surface area contributed by atoms with Crippen molar-refractivity contribution >= 4 is 26.1 Å². The molecule has 0 bridgehead atoms. The Kier molecular flexibility index (Phi) is 37.7. The van der Waals surface area contributed by atoms with E-state index in [-0.39, 0.29) is 85.5 Å². The third-order valence-corrected chi connectivity index (χ3v) is 1.01. The zero-order valence-electron chi connectivity index (χ0n) is 13.6. The smallest absolute Gasteiger partial charge is 0.394 e. The molecule has 0 fully saturated rings. The van der Waals surface area contributed by atoms with Gasteiger partial charge in [-0.2, -0.15) is 0 Å². The minimum Gasteiger partial charge on any atom is -0.394 e. The van der Waals surface area contributed by atoms with Crippen LogP contribution in [0.2, 0.25) is 5.71 Å². The molecule has 0 amide bonds. The molecule has 0 aromatic carbocycles. The van der Waals surface area contributed by atoms with Crippen LogP contribution in [-0.4, -0.2) is 62.8 Å². The largest absolute Gasteiger partial charge is 1.00 e. The first-order chi connectivity index (χ1) is 9.62. The van der Waals surface area contributed by atoms with E-state index in [0.717, 1.165) is 12.2 Å². The number of carbonyl (C=O) groups excluding carboxylic acids is 2. The minimum atomic E-state index is -4.62. The van der Waals surface area contributed by atoms with E-state index >= 15 is 0 Å². The van der Waals surface area contributed by atoms with Crippen LogP contribution in [0, 0.1) is 0 Å². The molecule has 0 spiro atoms. The Morgan fingerprint density at radius 2 is 1.22 bits per heavy atom. The van der Waals surface area contributed by atoms with E-state index < -0.39 is 26.1 Å². The molecule has 2 N–H and O–H groups in total. The fraction of sp³-hybridized carbons (Fsp3) is 0.455. The molecule has 0 radical (unpaired) electrons. The predicted octanol–water partition coefficient (Wildman–Crippen LogP) is -8.87. The number of hydrogen-bond donors (Lipinski definition) is 2. The molecule has 0 atom stereocenters. The first-order valence-corrected chi connectivity index (χ1v) is 9.59. The Labute approximate surface area is 182 Å². The maximum Gasteiger partial charge on any atom is 1.00 e. The van der Waals surface area contributed by atoms with Crippen LogP contribution in [-0.2, 0) is 22.8 Å². The van der Waals surface area contributed by atoms with Crippen molar-refractivity contribution in [2.45, 2.75) is 5.71 Å². The van der Waals surface area contributed by atoms with Gasteiger partial charge in [0.25, 0.3) is 0 Å². The van der Waals surface area contributed by atoms with Crippen molar-refractivity contribution in [2.75, 3.05) is 26.4 Å². The SMILES string of the molecule is C=CC(=O)OCCOC(=O)C=C.C[As](=O)([O-])[O-].OCCO.[Na+].[Na+]. The molecule has 0 aliphatic heterocycles. The van der Waals surface area contributed by atoms with Crippen LogP contribution in [0.3, 0.4) is 0 Å². The number of aliphatic hydroxyl groups excluding tert-OH is 2. The molecule has 0 aliphatic carbocycles. The summed E-state index contributed by atoms with van der Waals surface area (Å²) in [5, 5.41) is 15.2. The van der Waals surface area contributed by atoms with Crippen molar-refractivity contribution < 1.29 is 100 Å². The van der Waals surface area contributed by atoms with Crippen molar-refractivity contribution in [3.63, 3.8) is 0 Å². The normalized spacial score (nSPS) is 8.22. The molecule has 0 unspecified atom stereocenters. The quantitative estimate of drug-likeness (QED) is 0.186. The molecule has 0 rings (SSSR count). The predicted molar refractivity (Wildman–Crippen MR) is 68.8 cm³/mol. The first kappa shape index (κ1) is 34.9. The van der Waals surface area contributed by atoms with Gasteiger partial charge in [-0.1, -0.05) is 13.2 Å². The zero-order chi connectivity index (χ0) is 17.3. The number of esters is 2. The number of hydrogen-bond acceptors (Lipinski definition) is 9. The molecule has 0 heterocycles. The summed E-state index contributed by atoms with van der Waals surface area (Å²) in [4.78, 5) is 20.9. The van der Waals surface area contributed by atoms with Gasteiger partial charge in [0.2, 0.25) is 0 Å². The number of carbonyl (C=O) groups is 2. The Hall–Kier alpha value is 0.618. The zero-order valence-corrected chi connectivity index (χ0v) is 19.5. The van der Waals surface area contributed by atoms with Crippen molar-refractivity contribution in [3.05, 3.63) is 25.3 Å². The van der Waals surface area contributed by atoms with Gasteiger partial charge in [-0.25, -0.2) is 9.59 Å².